The number of hydrogen-bond donors (Lipinski definition) is 1. The van der Waals surface area contributed by atoms with Gasteiger partial charge in [-0.1, -0.05) is 12.1 Å². The lowest BCUT2D eigenvalue weighted by Crippen LogP contribution is -2.40. The van der Waals surface area contributed by atoms with Gasteiger partial charge in [0.25, 0.3) is 10.0 Å². The zero-order valence-corrected chi connectivity index (χ0v) is 8.39. The highest BCUT2D eigenvalue weighted by Gasteiger charge is 2.41. The van der Waals surface area contributed by atoms with E-state index in [1.54, 1.807) is 0 Å². The van der Waals surface area contributed by atoms with Crippen LogP contribution >= 0.6 is 0 Å². The van der Waals surface area contributed by atoms with Crippen LogP contribution in [-0.2, 0) is 14.8 Å². The fourth-order valence-corrected chi connectivity index (χ4v) is 1.76. The molecular formula is C8H5F3NO3S. The monoisotopic (exact) mass is 252 g/mol. The number of nitrogens with one attached hydrogen (secondary N) is 1. The molecule has 0 aliphatic carbocycles. The molecule has 0 fully saturated rings. The van der Waals surface area contributed by atoms with Gasteiger partial charge in [0.05, 0.1) is 4.90 Å². The van der Waals surface area contributed by atoms with Gasteiger partial charge in [-0.05, 0) is 18.2 Å². The minimum Gasteiger partial charge on any atom is -0.263 e. The molecule has 1 amide bonds. The summed E-state index contributed by atoms with van der Waals surface area (Å²) in [5, 5.41) is 0. The number of carbonyl (C=O) groups is 1. The Morgan fingerprint density at radius 1 is 1.25 bits per heavy atom. The van der Waals surface area contributed by atoms with Crippen LogP contribution in [0.1, 0.15) is 0 Å². The predicted octanol–water partition coefficient (Wildman–Crippen LogP) is 0.854. The van der Waals surface area contributed by atoms with E-state index in [0.717, 1.165) is 16.9 Å². The molecule has 1 aromatic rings. The summed E-state index contributed by atoms with van der Waals surface area (Å²) in [4.78, 5) is 9.99. The molecule has 1 N–H and O–H groups in total. The number of sulfonamides is 1. The van der Waals surface area contributed by atoms with E-state index in [1.165, 1.54) is 12.1 Å². The molecule has 8 heteroatoms. The average Bonchev–Trinajstić information content (AvgIpc) is 2.17. The Morgan fingerprint density at radius 3 is 2.19 bits per heavy atom. The minimum absolute atomic E-state index is 0.441. The quantitative estimate of drug-likeness (QED) is 0.848. The van der Waals surface area contributed by atoms with Gasteiger partial charge in [-0.3, -0.25) is 4.79 Å². The van der Waals surface area contributed by atoms with E-state index in [9.17, 15) is 26.4 Å². The standard InChI is InChI=1S/C8H5F3NO3S/c9-8(10,11)7(13)12-16(14,15)6-4-2-1-3-5-6/h2-5H,(H,12,13). The van der Waals surface area contributed by atoms with Gasteiger partial charge in [-0.25, -0.2) is 13.1 Å². The van der Waals surface area contributed by atoms with Crippen molar-refractivity contribution in [3.05, 3.63) is 30.3 Å². The molecule has 87 valence electrons. The summed E-state index contributed by atoms with van der Waals surface area (Å²) in [6.07, 6.45) is -5.24. The first kappa shape index (κ1) is 12.5. The molecule has 0 aliphatic heterocycles. The summed E-state index contributed by atoms with van der Waals surface area (Å²) in [5.74, 6) is -2.53. The fraction of sp³-hybridized carbons (Fsp3) is 0.125. The first-order chi connectivity index (χ1) is 7.23. The number of amides is 1. The normalized spacial score (nSPS) is 12.2. The molecule has 0 saturated carbocycles. The summed E-state index contributed by atoms with van der Waals surface area (Å²) in [5.41, 5.74) is 0. The Kier molecular flexibility index (Phi) is 3.22. The Labute approximate surface area is 89.1 Å². The molecule has 0 heterocycles. The molecule has 1 rings (SSSR count). The van der Waals surface area contributed by atoms with Gasteiger partial charge in [-0.2, -0.15) is 13.2 Å². The molecule has 1 aromatic carbocycles. The molecule has 1 radical (unpaired) electrons. The number of benzene rings is 1. The van der Waals surface area contributed by atoms with Crippen LogP contribution in [-0.4, -0.2) is 20.5 Å². The predicted molar refractivity (Wildman–Crippen MR) is 46.7 cm³/mol. The van der Waals surface area contributed by atoms with Gasteiger partial charge < -0.3 is 0 Å². The van der Waals surface area contributed by atoms with Crippen molar-refractivity contribution in [2.75, 3.05) is 0 Å². The van der Waals surface area contributed by atoms with Crippen molar-refractivity contribution < 1.29 is 26.4 Å². The van der Waals surface area contributed by atoms with Crippen molar-refractivity contribution in [3.63, 3.8) is 0 Å². The van der Waals surface area contributed by atoms with Crippen LogP contribution in [0.5, 0.6) is 0 Å². The molecule has 4 nitrogen and oxygen atoms in total. The van der Waals surface area contributed by atoms with Gasteiger partial charge in [0, 0.05) is 0 Å². The minimum atomic E-state index is -5.24. The van der Waals surface area contributed by atoms with Crippen LogP contribution in [0.2, 0.25) is 0 Å². The van der Waals surface area contributed by atoms with Crippen molar-refractivity contribution in [2.45, 2.75) is 11.1 Å². The number of hydrogen-bond acceptors (Lipinski definition) is 3. The highest BCUT2D eigenvalue weighted by Crippen LogP contribution is 2.16. The lowest BCUT2D eigenvalue weighted by atomic mass is 10.4. The summed E-state index contributed by atoms with van der Waals surface area (Å²) in [6.45, 7) is 0. The third kappa shape index (κ3) is 2.96. The summed E-state index contributed by atoms with van der Waals surface area (Å²) in [6, 6.07) is 6.93. The van der Waals surface area contributed by atoms with Crippen LogP contribution in [0, 0.1) is 6.07 Å². The second kappa shape index (κ2) is 4.12. The molecule has 0 aromatic heterocycles. The first-order valence-corrected chi connectivity index (χ1v) is 5.32. The Morgan fingerprint density at radius 2 is 1.75 bits per heavy atom. The molecule has 0 saturated heterocycles. The lowest BCUT2D eigenvalue weighted by molar-refractivity contribution is -0.171. The van der Waals surface area contributed by atoms with Crippen molar-refractivity contribution in [3.8, 4) is 0 Å². The van der Waals surface area contributed by atoms with Crippen molar-refractivity contribution in [1.82, 2.24) is 4.72 Å². The van der Waals surface area contributed by atoms with E-state index in [4.69, 9.17) is 0 Å². The molecule has 0 unspecified atom stereocenters. The fourth-order valence-electron chi connectivity index (χ4n) is 0.790. The van der Waals surface area contributed by atoms with Crippen LogP contribution in [0.15, 0.2) is 29.2 Å². The van der Waals surface area contributed by atoms with E-state index in [0.29, 0.717) is 0 Å². The molecule has 16 heavy (non-hydrogen) atoms. The topological polar surface area (TPSA) is 63.2 Å². The third-order valence-corrected chi connectivity index (χ3v) is 2.83. The lowest BCUT2D eigenvalue weighted by Gasteiger charge is -2.08. The molecule has 0 atom stereocenters. The van der Waals surface area contributed by atoms with Crippen molar-refractivity contribution in [2.24, 2.45) is 0 Å². The summed E-state index contributed by atoms with van der Waals surface area (Å²) < 4.78 is 58.8. The second-order valence-corrected chi connectivity index (χ2v) is 4.35. The zero-order chi connectivity index (χ0) is 12.4. The van der Waals surface area contributed by atoms with Crippen LogP contribution in [0.3, 0.4) is 0 Å². The maximum atomic E-state index is 11.8. The van der Waals surface area contributed by atoms with E-state index in [1.807, 2.05) is 0 Å². The number of carbonyl (C=O) groups excluding carboxylic acids is 1. The van der Waals surface area contributed by atoms with Gasteiger partial charge >= 0.3 is 12.1 Å². The highest BCUT2D eigenvalue weighted by molar-refractivity contribution is 7.90. The second-order valence-electron chi connectivity index (χ2n) is 2.67. The van der Waals surface area contributed by atoms with Crippen LogP contribution in [0.4, 0.5) is 13.2 Å². The van der Waals surface area contributed by atoms with E-state index < -0.39 is 27.0 Å². The number of alkyl halides is 3. The molecular weight excluding hydrogens is 247 g/mol. The molecule has 0 bridgehead atoms. The SMILES string of the molecule is O=C(NS(=O)(=O)c1cc[c]cc1)C(F)(F)F. The third-order valence-electron chi connectivity index (χ3n) is 1.48. The molecule has 0 aliphatic rings. The maximum absolute atomic E-state index is 11.8. The van der Waals surface area contributed by atoms with E-state index in [-0.39, 0.29) is 0 Å². The summed E-state index contributed by atoms with van der Waals surface area (Å²) >= 11 is 0. The van der Waals surface area contributed by atoms with Gasteiger partial charge in [0.15, 0.2) is 0 Å². The van der Waals surface area contributed by atoms with Gasteiger partial charge in [0.2, 0.25) is 0 Å². The van der Waals surface area contributed by atoms with Crippen molar-refractivity contribution in [1.29, 1.82) is 0 Å². The number of rotatable bonds is 2. The Hall–Kier alpha value is -1.57. The largest absolute Gasteiger partial charge is 0.472 e. The molecule has 0 spiro atoms. The average molecular weight is 252 g/mol. The highest BCUT2D eigenvalue weighted by atomic mass is 32.2. The van der Waals surface area contributed by atoms with Crippen LogP contribution < -0.4 is 4.72 Å². The first-order valence-electron chi connectivity index (χ1n) is 3.83. The van der Waals surface area contributed by atoms with E-state index >= 15 is 0 Å². The van der Waals surface area contributed by atoms with Gasteiger partial charge in [0.1, 0.15) is 0 Å². The smallest absolute Gasteiger partial charge is 0.263 e. The van der Waals surface area contributed by atoms with Gasteiger partial charge in [-0.15, -0.1) is 0 Å². The Balaban J connectivity index is 2.95. The zero-order valence-electron chi connectivity index (χ0n) is 7.58. The number of halogens is 3. The van der Waals surface area contributed by atoms with E-state index in [2.05, 4.69) is 6.07 Å². The van der Waals surface area contributed by atoms with Crippen LogP contribution in [0.25, 0.3) is 0 Å². The maximum Gasteiger partial charge on any atom is 0.472 e. The summed E-state index contributed by atoms with van der Waals surface area (Å²) in [7, 11) is -4.48. The van der Waals surface area contributed by atoms with Crippen molar-refractivity contribution >= 4 is 15.9 Å². The Bertz CT molecular complexity index is 481.